The number of carboxylic acid groups (broad SMARTS) is 1. The molecule has 1 aromatic heterocycles. The molecule has 0 fully saturated rings. The van der Waals surface area contributed by atoms with Crippen molar-refractivity contribution in [2.75, 3.05) is 11.6 Å². The van der Waals surface area contributed by atoms with Crippen LogP contribution in [0.25, 0.3) is 0 Å². The molecule has 160 valence electrons. The summed E-state index contributed by atoms with van der Waals surface area (Å²) in [6, 6.07) is 5.62. The standard InChI is InChI=1S/C19H17F4N3O4/c1-3-17(26(24-2)16-8-12(18(27)28)6-7-25-16)29-10-13-4-5-14(20)9-15(13)30-11-19(21,22)23/h3-9H,2,10-11H2,1H3,(H,27,28)/b17-3+. The lowest BCUT2D eigenvalue weighted by Crippen LogP contribution is -2.21. The fourth-order valence-electron chi connectivity index (χ4n) is 2.28. The minimum atomic E-state index is -4.59. The highest BCUT2D eigenvalue weighted by Crippen LogP contribution is 2.26. The Balaban J connectivity index is 2.21. The molecule has 0 atom stereocenters. The lowest BCUT2D eigenvalue weighted by atomic mass is 10.2. The average Bonchev–Trinajstić information content (AvgIpc) is 2.70. The third kappa shape index (κ3) is 6.19. The molecular weight excluding hydrogens is 410 g/mol. The topological polar surface area (TPSA) is 84.2 Å². The number of hydrazone groups is 1. The molecule has 0 spiro atoms. The molecule has 0 aliphatic heterocycles. The van der Waals surface area contributed by atoms with Gasteiger partial charge >= 0.3 is 12.1 Å². The second-order valence-corrected chi connectivity index (χ2v) is 5.73. The normalized spacial score (nSPS) is 11.7. The predicted molar refractivity (Wildman–Crippen MR) is 99.7 cm³/mol. The van der Waals surface area contributed by atoms with Gasteiger partial charge in [-0.15, -0.1) is 0 Å². The first kappa shape index (κ1) is 22.7. The number of aromatic carboxylic acids is 1. The maximum atomic E-state index is 13.4. The smallest absolute Gasteiger partial charge is 0.422 e. The Bertz CT molecular complexity index is 948. The van der Waals surface area contributed by atoms with E-state index < -0.39 is 24.6 Å². The number of aromatic nitrogens is 1. The summed E-state index contributed by atoms with van der Waals surface area (Å²) in [4.78, 5) is 15.2. The molecule has 0 aliphatic carbocycles. The first-order chi connectivity index (χ1) is 14.1. The second kappa shape index (κ2) is 9.72. The van der Waals surface area contributed by atoms with Gasteiger partial charge in [-0.05, 0) is 37.3 Å². The van der Waals surface area contributed by atoms with E-state index in [1.807, 2.05) is 0 Å². The number of benzene rings is 1. The Labute approximate surface area is 168 Å². The molecular formula is C19H17F4N3O4. The Hall–Kier alpha value is -3.63. The fourth-order valence-corrected chi connectivity index (χ4v) is 2.28. The molecule has 0 saturated carbocycles. The molecule has 0 radical (unpaired) electrons. The van der Waals surface area contributed by atoms with Gasteiger partial charge in [0.2, 0.25) is 5.88 Å². The molecule has 0 unspecified atom stereocenters. The van der Waals surface area contributed by atoms with Gasteiger partial charge in [-0.25, -0.2) is 14.2 Å². The van der Waals surface area contributed by atoms with Gasteiger partial charge in [-0.2, -0.15) is 23.3 Å². The quantitative estimate of drug-likeness (QED) is 0.277. The molecule has 2 aromatic rings. The van der Waals surface area contributed by atoms with E-state index in [0.717, 1.165) is 17.1 Å². The molecule has 0 bridgehead atoms. The molecule has 1 N–H and O–H groups in total. The third-order valence-electron chi connectivity index (χ3n) is 3.60. The van der Waals surface area contributed by atoms with E-state index in [0.29, 0.717) is 0 Å². The number of carboxylic acids is 1. The monoisotopic (exact) mass is 427 g/mol. The van der Waals surface area contributed by atoms with Crippen LogP contribution >= 0.6 is 0 Å². The predicted octanol–water partition coefficient (Wildman–Crippen LogP) is 4.36. The minimum absolute atomic E-state index is 0.0505. The van der Waals surface area contributed by atoms with Crippen LogP contribution < -0.4 is 9.75 Å². The van der Waals surface area contributed by atoms with Gasteiger partial charge in [-0.3, -0.25) is 0 Å². The van der Waals surface area contributed by atoms with Gasteiger partial charge in [0.1, 0.15) is 18.2 Å². The zero-order valence-electron chi connectivity index (χ0n) is 15.7. The number of ether oxygens (including phenoxy) is 2. The van der Waals surface area contributed by atoms with Crippen LogP contribution in [0.15, 0.2) is 53.6 Å². The number of halogens is 4. The molecule has 2 rings (SSSR count). The number of hydrogen-bond donors (Lipinski definition) is 1. The van der Waals surface area contributed by atoms with Gasteiger partial charge in [0, 0.05) is 24.5 Å². The second-order valence-electron chi connectivity index (χ2n) is 5.73. The van der Waals surface area contributed by atoms with E-state index in [9.17, 15) is 22.4 Å². The van der Waals surface area contributed by atoms with E-state index in [-0.39, 0.29) is 35.2 Å². The summed E-state index contributed by atoms with van der Waals surface area (Å²) in [6.45, 7) is 3.09. The highest BCUT2D eigenvalue weighted by molar-refractivity contribution is 5.88. The summed E-state index contributed by atoms with van der Waals surface area (Å²) >= 11 is 0. The molecule has 30 heavy (non-hydrogen) atoms. The van der Waals surface area contributed by atoms with Crippen molar-refractivity contribution >= 4 is 18.5 Å². The van der Waals surface area contributed by atoms with Crippen molar-refractivity contribution in [3.63, 3.8) is 0 Å². The zero-order valence-corrected chi connectivity index (χ0v) is 15.7. The number of allylic oxidation sites excluding steroid dienone is 1. The lowest BCUT2D eigenvalue weighted by molar-refractivity contribution is -0.153. The number of alkyl halides is 3. The summed E-state index contributed by atoms with van der Waals surface area (Å²) in [5.74, 6) is -2.13. The average molecular weight is 427 g/mol. The third-order valence-corrected chi connectivity index (χ3v) is 3.60. The van der Waals surface area contributed by atoms with Crippen molar-refractivity contribution in [1.82, 2.24) is 4.98 Å². The maximum absolute atomic E-state index is 13.4. The van der Waals surface area contributed by atoms with Crippen molar-refractivity contribution in [3.05, 3.63) is 65.4 Å². The van der Waals surface area contributed by atoms with Gasteiger partial charge in [-0.1, -0.05) is 0 Å². The van der Waals surface area contributed by atoms with Crippen LogP contribution in [0, 0.1) is 5.82 Å². The highest BCUT2D eigenvalue weighted by Gasteiger charge is 2.29. The Morgan fingerprint density at radius 2 is 2.07 bits per heavy atom. The van der Waals surface area contributed by atoms with Crippen LogP contribution in [0.3, 0.4) is 0 Å². The Morgan fingerprint density at radius 3 is 2.67 bits per heavy atom. The van der Waals surface area contributed by atoms with Gasteiger partial charge < -0.3 is 14.6 Å². The van der Waals surface area contributed by atoms with Crippen molar-refractivity contribution < 1.29 is 36.9 Å². The Morgan fingerprint density at radius 1 is 1.33 bits per heavy atom. The maximum Gasteiger partial charge on any atom is 0.422 e. The van der Waals surface area contributed by atoms with Gasteiger partial charge in [0.05, 0.1) is 5.56 Å². The van der Waals surface area contributed by atoms with E-state index in [2.05, 4.69) is 21.5 Å². The number of rotatable bonds is 9. The van der Waals surface area contributed by atoms with Crippen LogP contribution in [0.4, 0.5) is 23.4 Å². The number of anilines is 1. The molecule has 1 aromatic carbocycles. The first-order valence-electron chi connectivity index (χ1n) is 8.38. The summed E-state index contributed by atoms with van der Waals surface area (Å²) in [5.41, 5.74) is 0.0988. The van der Waals surface area contributed by atoms with Crippen molar-refractivity contribution in [2.24, 2.45) is 5.10 Å². The van der Waals surface area contributed by atoms with E-state index in [1.54, 1.807) is 6.92 Å². The summed E-state index contributed by atoms with van der Waals surface area (Å²) < 4.78 is 61.0. The van der Waals surface area contributed by atoms with E-state index in [1.165, 1.54) is 30.5 Å². The molecule has 11 heteroatoms. The SMILES string of the molecule is C=NN(/C(=C\C)OCc1ccc(F)cc1OCC(F)(F)F)c1cc(C(=O)O)ccn1. The molecule has 0 saturated heterocycles. The van der Waals surface area contributed by atoms with Crippen molar-refractivity contribution in [3.8, 4) is 5.75 Å². The van der Waals surface area contributed by atoms with Crippen LogP contribution in [-0.4, -0.2) is 35.6 Å². The van der Waals surface area contributed by atoms with Crippen LogP contribution in [0.2, 0.25) is 0 Å². The summed E-state index contributed by atoms with van der Waals surface area (Å²) in [7, 11) is 0. The molecule has 7 nitrogen and oxygen atoms in total. The Kier molecular flexibility index (Phi) is 7.34. The fraction of sp³-hybridized carbons (Fsp3) is 0.211. The number of hydrogen-bond acceptors (Lipinski definition) is 6. The first-order valence-corrected chi connectivity index (χ1v) is 8.38. The number of carbonyl (C=O) groups is 1. The highest BCUT2D eigenvalue weighted by atomic mass is 19.4. The van der Waals surface area contributed by atoms with Gasteiger partial charge in [0.25, 0.3) is 0 Å². The zero-order chi connectivity index (χ0) is 22.3. The largest absolute Gasteiger partial charge is 0.484 e. The number of nitrogens with zero attached hydrogens (tertiary/aromatic N) is 3. The molecule has 0 aliphatic rings. The number of pyridine rings is 1. The van der Waals surface area contributed by atoms with Crippen LogP contribution in [0.1, 0.15) is 22.8 Å². The van der Waals surface area contributed by atoms with E-state index in [4.69, 9.17) is 9.84 Å². The lowest BCUT2D eigenvalue weighted by Gasteiger charge is -2.21. The van der Waals surface area contributed by atoms with Gasteiger partial charge in [0.15, 0.2) is 12.4 Å². The van der Waals surface area contributed by atoms with Crippen molar-refractivity contribution in [2.45, 2.75) is 19.7 Å². The van der Waals surface area contributed by atoms with Crippen molar-refractivity contribution in [1.29, 1.82) is 0 Å². The molecule has 0 amide bonds. The summed E-state index contributed by atoms with van der Waals surface area (Å²) in [6.07, 6.45) is -1.87. The van der Waals surface area contributed by atoms with Crippen LogP contribution in [0.5, 0.6) is 5.75 Å². The summed E-state index contributed by atoms with van der Waals surface area (Å²) in [5, 5.41) is 14.0. The van der Waals surface area contributed by atoms with Crippen LogP contribution in [-0.2, 0) is 11.3 Å². The minimum Gasteiger partial charge on any atom is -0.484 e. The van der Waals surface area contributed by atoms with E-state index >= 15 is 0 Å². The molecule has 1 heterocycles.